The van der Waals surface area contributed by atoms with Gasteiger partial charge in [-0.1, -0.05) is 6.92 Å². The number of carboxylic acid groups (broad SMARTS) is 1. The topological polar surface area (TPSA) is 49.8 Å². The van der Waals surface area contributed by atoms with Crippen LogP contribution in [0.2, 0.25) is 0 Å². The number of halogens is 1. The third-order valence-corrected chi connectivity index (χ3v) is 2.89. The molecule has 0 fully saturated rings. The Labute approximate surface area is 112 Å². The van der Waals surface area contributed by atoms with E-state index in [1.165, 1.54) is 18.2 Å². The molecule has 0 aliphatic carbocycles. The molecule has 106 valence electrons. The molecule has 5 heteroatoms. The molecule has 0 aliphatic heterocycles. The number of rotatable bonds is 8. The molecule has 0 spiro atoms. The van der Waals surface area contributed by atoms with Crippen LogP contribution in [-0.2, 0) is 11.3 Å². The summed E-state index contributed by atoms with van der Waals surface area (Å²) in [5.41, 5.74) is 0.510. The first-order valence-corrected chi connectivity index (χ1v) is 6.40. The van der Waals surface area contributed by atoms with E-state index in [0.29, 0.717) is 31.9 Å². The molecule has 1 aromatic rings. The molecule has 1 rings (SSSR count). The molecule has 0 atom stereocenters. The molecular formula is C14H20FNO3. The maximum absolute atomic E-state index is 13.7. The minimum Gasteiger partial charge on any atom is -0.478 e. The molecule has 1 N–H and O–H groups in total. The lowest BCUT2D eigenvalue weighted by Crippen LogP contribution is -2.27. The van der Waals surface area contributed by atoms with Crippen LogP contribution >= 0.6 is 0 Å². The fourth-order valence-electron chi connectivity index (χ4n) is 1.76. The van der Waals surface area contributed by atoms with Gasteiger partial charge in [0.15, 0.2) is 0 Å². The third kappa shape index (κ3) is 4.96. The average Bonchev–Trinajstić information content (AvgIpc) is 2.39. The normalized spacial score (nSPS) is 10.9. The molecule has 0 radical (unpaired) electrons. The Kier molecular flexibility index (Phi) is 6.45. The van der Waals surface area contributed by atoms with Crippen molar-refractivity contribution in [3.63, 3.8) is 0 Å². The molecule has 0 saturated heterocycles. The van der Waals surface area contributed by atoms with Crippen LogP contribution < -0.4 is 0 Å². The number of nitrogens with zero attached hydrogens (tertiary/aromatic N) is 1. The van der Waals surface area contributed by atoms with Gasteiger partial charge in [-0.3, -0.25) is 4.90 Å². The van der Waals surface area contributed by atoms with Gasteiger partial charge in [0.2, 0.25) is 0 Å². The predicted molar refractivity (Wildman–Crippen MR) is 70.8 cm³/mol. The summed E-state index contributed by atoms with van der Waals surface area (Å²) in [4.78, 5) is 12.9. The van der Waals surface area contributed by atoms with Crippen molar-refractivity contribution < 1.29 is 19.0 Å². The van der Waals surface area contributed by atoms with Crippen molar-refractivity contribution in [1.29, 1.82) is 0 Å². The summed E-state index contributed by atoms with van der Waals surface area (Å²) in [6.45, 7) is 6.98. The van der Waals surface area contributed by atoms with Gasteiger partial charge in [0.1, 0.15) is 5.82 Å². The van der Waals surface area contributed by atoms with E-state index < -0.39 is 5.97 Å². The van der Waals surface area contributed by atoms with Gasteiger partial charge in [-0.25, -0.2) is 9.18 Å². The number of carboxylic acids is 1. The molecule has 0 aromatic heterocycles. The van der Waals surface area contributed by atoms with Crippen LogP contribution in [0.15, 0.2) is 18.2 Å². The lowest BCUT2D eigenvalue weighted by molar-refractivity contribution is 0.0696. The molecule has 0 aliphatic rings. The maximum atomic E-state index is 13.7. The van der Waals surface area contributed by atoms with Crippen LogP contribution in [0.1, 0.15) is 29.8 Å². The highest BCUT2D eigenvalue weighted by Crippen LogP contribution is 2.13. The molecule has 0 bridgehead atoms. The van der Waals surface area contributed by atoms with Crippen LogP contribution in [0.4, 0.5) is 4.39 Å². The zero-order chi connectivity index (χ0) is 14.3. The number of ether oxygens (including phenoxy) is 1. The predicted octanol–water partition coefficient (Wildman–Crippen LogP) is 2.38. The Morgan fingerprint density at radius 3 is 2.74 bits per heavy atom. The number of hydrogen-bond donors (Lipinski definition) is 1. The first-order valence-electron chi connectivity index (χ1n) is 6.40. The van der Waals surface area contributed by atoms with Gasteiger partial charge >= 0.3 is 5.97 Å². The largest absolute Gasteiger partial charge is 0.478 e. The zero-order valence-electron chi connectivity index (χ0n) is 11.4. The average molecular weight is 269 g/mol. The Morgan fingerprint density at radius 2 is 2.16 bits per heavy atom. The minimum atomic E-state index is -1.04. The minimum absolute atomic E-state index is 0.109. The van der Waals surface area contributed by atoms with Gasteiger partial charge in [-0.15, -0.1) is 0 Å². The van der Waals surface area contributed by atoms with Gasteiger partial charge in [-0.2, -0.15) is 0 Å². The lowest BCUT2D eigenvalue weighted by atomic mass is 10.1. The van der Waals surface area contributed by atoms with Crippen molar-refractivity contribution in [3.8, 4) is 0 Å². The van der Waals surface area contributed by atoms with Gasteiger partial charge in [0, 0.05) is 25.3 Å². The van der Waals surface area contributed by atoms with Crippen molar-refractivity contribution in [2.45, 2.75) is 20.4 Å². The van der Waals surface area contributed by atoms with Gasteiger partial charge in [0.05, 0.1) is 12.2 Å². The zero-order valence-corrected chi connectivity index (χ0v) is 11.4. The molecule has 4 nitrogen and oxygen atoms in total. The third-order valence-electron chi connectivity index (χ3n) is 2.89. The van der Waals surface area contributed by atoms with E-state index in [1.54, 1.807) is 0 Å². The van der Waals surface area contributed by atoms with Gasteiger partial charge in [-0.05, 0) is 31.7 Å². The SMILES string of the molecule is CCOCCN(CC)Cc1cc(C(=O)O)ccc1F. The van der Waals surface area contributed by atoms with Crippen molar-refractivity contribution in [2.24, 2.45) is 0 Å². The second kappa shape index (κ2) is 7.86. The molecule has 1 aromatic carbocycles. The Bertz CT molecular complexity index is 423. The first-order chi connectivity index (χ1) is 9.08. The van der Waals surface area contributed by atoms with Crippen LogP contribution in [0.5, 0.6) is 0 Å². The second-order valence-corrected chi connectivity index (χ2v) is 4.18. The Balaban J connectivity index is 2.72. The van der Waals surface area contributed by atoms with Crippen molar-refractivity contribution >= 4 is 5.97 Å². The number of aromatic carboxylic acids is 1. The van der Waals surface area contributed by atoms with Crippen molar-refractivity contribution in [2.75, 3.05) is 26.3 Å². The summed E-state index contributed by atoms with van der Waals surface area (Å²) in [6, 6.07) is 3.87. The van der Waals surface area contributed by atoms with Crippen LogP contribution in [0.25, 0.3) is 0 Å². The summed E-state index contributed by atoms with van der Waals surface area (Å²) >= 11 is 0. The fourth-order valence-corrected chi connectivity index (χ4v) is 1.76. The van der Waals surface area contributed by atoms with E-state index in [2.05, 4.69) is 0 Å². The molecule has 0 saturated carbocycles. The standard InChI is InChI=1S/C14H20FNO3/c1-3-16(7-8-19-4-2)10-12-9-11(14(17)18)5-6-13(12)15/h5-6,9H,3-4,7-8,10H2,1-2H3,(H,17,18). The molecule has 0 amide bonds. The molecule has 0 unspecified atom stereocenters. The maximum Gasteiger partial charge on any atom is 0.335 e. The monoisotopic (exact) mass is 269 g/mol. The molecule has 0 heterocycles. The van der Waals surface area contributed by atoms with E-state index in [0.717, 1.165) is 6.54 Å². The van der Waals surface area contributed by atoms with E-state index in [4.69, 9.17) is 9.84 Å². The first kappa shape index (κ1) is 15.6. The van der Waals surface area contributed by atoms with Crippen LogP contribution in [0, 0.1) is 5.82 Å². The summed E-state index contributed by atoms with van der Waals surface area (Å²) in [6.07, 6.45) is 0. The van der Waals surface area contributed by atoms with Crippen molar-refractivity contribution in [3.05, 3.63) is 35.1 Å². The second-order valence-electron chi connectivity index (χ2n) is 4.18. The quantitative estimate of drug-likeness (QED) is 0.736. The van der Waals surface area contributed by atoms with Gasteiger partial charge < -0.3 is 9.84 Å². The Hall–Kier alpha value is -1.46. The summed E-state index contributed by atoms with van der Waals surface area (Å²) in [5.74, 6) is -1.42. The number of hydrogen-bond acceptors (Lipinski definition) is 3. The van der Waals surface area contributed by atoms with Gasteiger partial charge in [0.25, 0.3) is 0 Å². The highest BCUT2D eigenvalue weighted by atomic mass is 19.1. The van der Waals surface area contributed by atoms with E-state index >= 15 is 0 Å². The summed E-state index contributed by atoms with van der Waals surface area (Å²) in [7, 11) is 0. The summed E-state index contributed by atoms with van der Waals surface area (Å²) in [5, 5.41) is 8.91. The van der Waals surface area contributed by atoms with Crippen LogP contribution in [0.3, 0.4) is 0 Å². The van der Waals surface area contributed by atoms with Crippen LogP contribution in [-0.4, -0.2) is 42.3 Å². The van der Waals surface area contributed by atoms with E-state index in [9.17, 15) is 9.18 Å². The highest BCUT2D eigenvalue weighted by Gasteiger charge is 2.11. The molecular weight excluding hydrogens is 249 g/mol. The molecule has 19 heavy (non-hydrogen) atoms. The van der Waals surface area contributed by atoms with E-state index in [-0.39, 0.29) is 11.4 Å². The smallest absolute Gasteiger partial charge is 0.335 e. The Morgan fingerprint density at radius 1 is 1.42 bits per heavy atom. The number of likely N-dealkylation sites (N-methyl/N-ethyl adjacent to an activating group) is 1. The van der Waals surface area contributed by atoms with Crippen molar-refractivity contribution in [1.82, 2.24) is 4.90 Å². The number of carbonyl (C=O) groups is 1. The highest BCUT2D eigenvalue weighted by molar-refractivity contribution is 5.87. The lowest BCUT2D eigenvalue weighted by Gasteiger charge is -2.20. The summed E-state index contributed by atoms with van der Waals surface area (Å²) < 4.78 is 18.9. The fraction of sp³-hybridized carbons (Fsp3) is 0.500. The van der Waals surface area contributed by atoms with E-state index in [1.807, 2.05) is 18.7 Å². The number of benzene rings is 1.